The lowest BCUT2D eigenvalue weighted by molar-refractivity contribution is -0.526. The van der Waals surface area contributed by atoms with Crippen LogP contribution in [0.2, 0.25) is 0 Å². The molecule has 1 aliphatic carbocycles. The van der Waals surface area contributed by atoms with Crippen molar-refractivity contribution in [2.24, 2.45) is 0 Å². The molecule has 0 saturated carbocycles. The van der Waals surface area contributed by atoms with Crippen LogP contribution in [0.15, 0.2) is 30.4 Å². The summed E-state index contributed by atoms with van der Waals surface area (Å²) in [5, 5.41) is 11.1. The number of allylic oxidation sites excluding steroid dienone is 1. The Morgan fingerprint density at radius 3 is 2.78 bits per heavy atom. The molecule has 94 valence electrons. The van der Waals surface area contributed by atoms with Crippen molar-refractivity contribution in [3.05, 3.63) is 46.0 Å². The van der Waals surface area contributed by atoms with Crippen molar-refractivity contribution in [2.45, 2.75) is 24.8 Å². The second kappa shape index (κ2) is 4.33. The molecule has 1 aromatic carbocycles. The Bertz CT molecular complexity index is 512. The van der Waals surface area contributed by atoms with Crippen LogP contribution >= 0.6 is 0 Å². The highest BCUT2D eigenvalue weighted by atomic mass is 16.7. The van der Waals surface area contributed by atoms with E-state index >= 15 is 0 Å². The van der Waals surface area contributed by atoms with Gasteiger partial charge in [-0.2, -0.15) is 0 Å². The van der Waals surface area contributed by atoms with Crippen LogP contribution in [0.1, 0.15) is 24.3 Å². The zero-order valence-corrected chi connectivity index (χ0v) is 9.74. The third-order valence-corrected chi connectivity index (χ3v) is 3.49. The average Bonchev–Trinajstić information content (AvgIpc) is 2.85. The molecule has 2 aliphatic rings. The molecular formula is C13H13NO4. The molecule has 2 atom stereocenters. The number of fused-ring (bicyclic) bond motifs is 1. The Labute approximate surface area is 104 Å². The molecular weight excluding hydrogens is 234 g/mol. The molecule has 0 unspecified atom stereocenters. The quantitative estimate of drug-likeness (QED) is 0.457. The molecule has 0 amide bonds. The van der Waals surface area contributed by atoms with Crippen molar-refractivity contribution in [1.82, 2.24) is 0 Å². The molecule has 1 heterocycles. The molecule has 1 aliphatic heterocycles. The molecule has 5 heteroatoms. The number of rotatable bonds is 2. The maximum atomic E-state index is 11.1. The van der Waals surface area contributed by atoms with Crippen molar-refractivity contribution < 1.29 is 14.4 Å². The second-order valence-corrected chi connectivity index (χ2v) is 4.51. The first kappa shape index (κ1) is 11.1. The maximum absolute atomic E-state index is 11.1. The second-order valence-electron chi connectivity index (χ2n) is 4.51. The summed E-state index contributed by atoms with van der Waals surface area (Å²) in [4.78, 5) is 10.9. The Morgan fingerprint density at radius 2 is 1.94 bits per heavy atom. The van der Waals surface area contributed by atoms with Crippen LogP contribution in [0.4, 0.5) is 0 Å². The number of ether oxygens (including phenoxy) is 2. The van der Waals surface area contributed by atoms with E-state index in [1.54, 1.807) is 0 Å². The van der Waals surface area contributed by atoms with Crippen LogP contribution < -0.4 is 9.47 Å². The number of nitro groups is 1. The van der Waals surface area contributed by atoms with Gasteiger partial charge in [-0.3, -0.25) is 10.1 Å². The summed E-state index contributed by atoms with van der Waals surface area (Å²) in [7, 11) is 0. The predicted molar refractivity (Wildman–Crippen MR) is 64.5 cm³/mol. The zero-order valence-electron chi connectivity index (χ0n) is 9.74. The monoisotopic (exact) mass is 247 g/mol. The number of hydrogen-bond acceptors (Lipinski definition) is 4. The van der Waals surface area contributed by atoms with Gasteiger partial charge in [-0.05, 0) is 24.1 Å². The molecule has 0 spiro atoms. The molecule has 0 aromatic heterocycles. The highest BCUT2D eigenvalue weighted by Crippen LogP contribution is 2.38. The fraction of sp³-hybridized carbons (Fsp3) is 0.385. The van der Waals surface area contributed by atoms with Gasteiger partial charge in [-0.25, -0.2) is 0 Å². The van der Waals surface area contributed by atoms with Gasteiger partial charge in [0.2, 0.25) is 12.8 Å². The molecule has 0 saturated heterocycles. The van der Waals surface area contributed by atoms with Gasteiger partial charge in [0.05, 0.1) is 5.92 Å². The molecule has 5 nitrogen and oxygen atoms in total. The predicted octanol–water partition coefficient (Wildman–Crippen LogP) is 2.49. The number of hydrogen-bond donors (Lipinski definition) is 0. The fourth-order valence-corrected chi connectivity index (χ4v) is 2.53. The van der Waals surface area contributed by atoms with Crippen LogP contribution in [0.25, 0.3) is 0 Å². The molecule has 1 aromatic rings. The van der Waals surface area contributed by atoms with E-state index in [1.807, 2.05) is 30.4 Å². The number of benzene rings is 1. The van der Waals surface area contributed by atoms with Crippen LogP contribution in [0, 0.1) is 10.1 Å². The Morgan fingerprint density at radius 1 is 1.17 bits per heavy atom. The Kier molecular flexibility index (Phi) is 2.66. The van der Waals surface area contributed by atoms with E-state index in [-0.39, 0.29) is 17.6 Å². The van der Waals surface area contributed by atoms with Crippen molar-refractivity contribution in [3.63, 3.8) is 0 Å². The van der Waals surface area contributed by atoms with Gasteiger partial charge >= 0.3 is 0 Å². The highest BCUT2D eigenvalue weighted by Gasteiger charge is 2.33. The fourth-order valence-electron chi connectivity index (χ4n) is 2.53. The van der Waals surface area contributed by atoms with Gasteiger partial charge in [0.15, 0.2) is 11.5 Å². The van der Waals surface area contributed by atoms with E-state index in [0.717, 1.165) is 5.56 Å². The van der Waals surface area contributed by atoms with Crippen molar-refractivity contribution in [3.8, 4) is 11.5 Å². The third-order valence-electron chi connectivity index (χ3n) is 3.49. The first-order valence-electron chi connectivity index (χ1n) is 5.94. The van der Waals surface area contributed by atoms with E-state index < -0.39 is 6.04 Å². The summed E-state index contributed by atoms with van der Waals surface area (Å²) in [6.45, 7) is 0.224. The molecule has 0 fully saturated rings. The lowest BCUT2D eigenvalue weighted by atomic mass is 9.83. The van der Waals surface area contributed by atoms with Crippen LogP contribution in [0.3, 0.4) is 0 Å². The van der Waals surface area contributed by atoms with E-state index in [9.17, 15) is 10.1 Å². The van der Waals surface area contributed by atoms with Crippen molar-refractivity contribution in [1.29, 1.82) is 0 Å². The minimum absolute atomic E-state index is 0.0838. The van der Waals surface area contributed by atoms with Gasteiger partial charge in [0.1, 0.15) is 0 Å². The van der Waals surface area contributed by atoms with Crippen LogP contribution in [-0.4, -0.2) is 17.8 Å². The number of nitrogens with zero attached hydrogens (tertiary/aromatic N) is 1. The first-order valence-corrected chi connectivity index (χ1v) is 5.94. The lowest BCUT2D eigenvalue weighted by Crippen LogP contribution is -2.28. The minimum Gasteiger partial charge on any atom is -0.454 e. The summed E-state index contributed by atoms with van der Waals surface area (Å²) in [5.74, 6) is 1.31. The molecule has 3 rings (SSSR count). The Balaban J connectivity index is 1.93. The van der Waals surface area contributed by atoms with E-state index in [2.05, 4.69) is 0 Å². The van der Waals surface area contributed by atoms with Gasteiger partial charge < -0.3 is 9.47 Å². The van der Waals surface area contributed by atoms with Crippen molar-refractivity contribution in [2.75, 3.05) is 6.79 Å². The largest absolute Gasteiger partial charge is 0.454 e. The van der Waals surface area contributed by atoms with E-state index in [0.29, 0.717) is 24.3 Å². The SMILES string of the molecule is O=[N+]([O-])[C@H]1CC=CC[C@H]1c1ccc2c(c1)OCO2. The summed E-state index contributed by atoms with van der Waals surface area (Å²) >= 11 is 0. The zero-order chi connectivity index (χ0) is 12.5. The topological polar surface area (TPSA) is 61.6 Å². The molecule has 0 radical (unpaired) electrons. The van der Waals surface area contributed by atoms with Gasteiger partial charge in [-0.15, -0.1) is 0 Å². The summed E-state index contributed by atoms with van der Waals surface area (Å²) in [5.41, 5.74) is 0.949. The Hall–Kier alpha value is -2.04. The first-order chi connectivity index (χ1) is 8.75. The molecule has 18 heavy (non-hydrogen) atoms. The third kappa shape index (κ3) is 1.81. The minimum atomic E-state index is -0.546. The van der Waals surface area contributed by atoms with E-state index in [4.69, 9.17) is 9.47 Å². The summed E-state index contributed by atoms with van der Waals surface area (Å²) < 4.78 is 10.6. The van der Waals surface area contributed by atoms with Gasteiger partial charge in [-0.1, -0.05) is 18.2 Å². The van der Waals surface area contributed by atoms with Crippen LogP contribution in [0.5, 0.6) is 11.5 Å². The molecule has 0 N–H and O–H groups in total. The van der Waals surface area contributed by atoms with Crippen LogP contribution in [-0.2, 0) is 0 Å². The standard InChI is InChI=1S/C13H13NO4/c15-14(16)11-4-2-1-3-10(11)9-5-6-12-13(7-9)18-8-17-12/h1-2,5-7,10-11H,3-4,8H2/t10-,11-/m0/s1. The lowest BCUT2D eigenvalue weighted by Gasteiger charge is -2.22. The maximum Gasteiger partial charge on any atom is 0.231 e. The normalized spacial score (nSPS) is 25.1. The molecule has 0 bridgehead atoms. The van der Waals surface area contributed by atoms with Gasteiger partial charge in [0, 0.05) is 11.3 Å². The summed E-state index contributed by atoms with van der Waals surface area (Å²) in [6.07, 6.45) is 5.09. The van der Waals surface area contributed by atoms with E-state index in [1.165, 1.54) is 0 Å². The highest BCUT2D eigenvalue weighted by molar-refractivity contribution is 5.45. The summed E-state index contributed by atoms with van der Waals surface area (Å²) in [6, 6.07) is 5.04. The van der Waals surface area contributed by atoms with Crippen molar-refractivity contribution >= 4 is 0 Å². The van der Waals surface area contributed by atoms with Gasteiger partial charge in [0.25, 0.3) is 0 Å². The smallest absolute Gasteiger partial charge is 0.231 e. The average molecular weight is 247 g/mol.